The number of pyridine rings is 1. The minimum absolute atomic E-state index is 0.117. The highest BCUT2D eigenvalue weighted by atomic mass is 16.5. The fraction of sp³-hybridized carbons (Fsp3) is 0.300. The largest absolute Gasteiger partial charge is 0.462 e. The lowest BCUT2D eigenvalue weighted by molar-refractivity contribution is 0.0526. The molecule has 0 radical (unpaired) electrons. The normalized spacial score (nSPS) is 10.8. The van der Waals surface area contributed by atoms with Crippen molar-refractivity contribution in [3.63, 3.8) is 0 Å². The van der Waals surface area contributed by atoms with Gasteiger partial charge in [0.15, 0.2) is 0 Å². The van der Waals surface area contributed by atoms with Gasteiger partial charge in [-0.15, -0.1) is 0 Å². The van der Waals surface area contributed by atoms with Gasteiger partial charge >= 0.3 is 5.97 Å². The first-order chi connectivity index (χ1) is 12.7. The summed E-state index contributed by atoms with van der Waals surface area (Å²) in [4.78, 5) is 40.3. The lowest BCUT2D eigenvalue weighted by Crippen LogP contribution is -2.40. The minimum Gasteiger partial charge on any atom is -0.462 e. The van der Waals surface area contributed by atoms with Crippen LogP contribution < -0.4 is 10.6 Å². The predicted molar refractivity (Wildman–Crippen MR) is 102 cm³/mol. The molecule has 0 spiro atoms. The van der Waals surface area contributed by atoms with Crippen LogP contribution in [0, 0.1) is 0 Å². The molecule has 0 unspecified atom stereocenters. The Hall–Kier alpha value is -3.22. The Bertz CT molecular complexity index is 839. The van der Waals surface area contributed by atoms with Crippen LogP contribution in [0.15, 0.2) is 42.6 Å². The Balaban J connectivity index is 2.09. The summed E-state index contributed by atoms with van der Waals surface area (Å²) in [7, 11) is 0. The van der Waals surface area contributed by atoms with Crippen molar-refractivity contribution in [1.82, 2.24) is 10.3 Å². The summed E-state index contributed by atoms with van der Waals surface area (Å²) in [5.74, 6) is -1.16. The van der Waals surface area contributed by atoms with Crippen LogP contribution in [-0.4, -0.2) is 34.9 Å². The number of carbonyl (C=O) groups is 3. The zero-order valence-electron chi connectivity index (χ0n) is 15.8. The highest BCUT2D eigenvalue weighted by Gasteiger charge is 2.17. The molecule has 2 amide bonds. The molecule has 1 aromatic heterocycles. The Morgan fingerprint density at radius 3 is 2.26 bits per heavy atom. The summed E-state index contributed by atoms with van der Waals surface area (Å²) in [6, 6.07) is 9.30. The molecule has 0 bridgehead atoms. The highest BCUT2D eigenvalue weighted by molar-refractivity contribution is 6.05. The molecule has 27 heavy (non-hydrogen) atoms. The van der Waals surface area contributed by atoms with Gasteiger partial charge in [-0.25, -0.2) is 4.79 Å². The number of aromatic nitrogens is 1. The van der Waals surface area contributed by atoms with Crippen molar-refractivity contribution in [2.45, 2.75) is 33.2 Å². The van der Waals surface area contributed by atoms with Crippen LogP contribution in [0.3, 0.4) is 0 Å². The SMILES string of the molecule is CCOC(=O)c1ccc(NC(=O)c2cc(C(=O)NC(C)(C)C)ccn2)cc1. The first kappa shape index (κ1) is 20.1. The van der Waals surface area contributed by atoms with E-state index < -0.39 is 11.9 Å². The average molecular weight is 369 g/mol. The Morgan fingerprint density at radius 2 is 1.67 bits per heavy atom. The molecule has 0 aliphatic carbocycles. The van der Waals surface area contributed by atoms with Crippen LogP contribution in [0.4, 0.5) is 5.69 Å². The number of hydrogen-bond donors (Lipinski definition) is 2. The third kappa shape index (κ3) is 5.91. The summed E-state index contributed by atoms with van der Waals surface area (Å²) in [6.07, 6.45) is 1.41. The standard InChI is InChI=1S/C20H23N3O4/c1-5-27-19(26)13-6-8-15(9-7-13)22-18(25)16-12-14(10-11-21-16)17(24)23-20(2,3)4/h6-12H,5H2,1-4H3,(H,22,25)(H,23,24). The Kier molecular flexibility index (Phi) is 6.28. The number of nitrogens with zero attached hydrogens (tertiary/aromatic N) is 1. The molecule has 0 saturated heterocycles. The van der Waals surface area contributed by atoms with Gasteiger partial charge in [0, 0.05) is 23.0 Å². The number of esters is 1. The van der Waals surface area contributed by atoms with E-state index in [0.29, 0.717) is 23.4 Å². The van der Waals surface area contributed by atoms with E-state index in [-0.39, 0.29) is 17.1 Å². The fourth-order valence-corrected chi connectivity index (χ4v) is 2.21. The molecule has 0 atom stereocenters. The van der Waals surface area contributed by atoms with Crippen LogP contribution in [0.5, 0.6) is 0 Å². The van der Waals surface area contributed by atoms with Gasteiger partial charge in [0.05, 0.1) is 12.2 Å². The average Bonchev–Trinajstić information content (AvgIpc) is 2.61. The van der Waals surface area contributed by atoms with E-state index in [0.717, 1.165) is 0 Å². The second kappa shape index (κ2) is 8.44. The van der Waals surface area contributed by atoms with Crippen molar-refractivity contribution in [2.75, 3.05) is 11.9 Å². The van der Waals surface area contributed by atoms with E-state index in [1.54, 1.807) is 37.3 Å². The number of benzene rings is 1. The first-order valence-corrected chi connectivity index (χ1v) is 8.56. The maximum absolute atomic E-state index is 12.4. The molecular formula is C20H23N3O4. The van der Waals surface area contributed by atoms with E-state index in [1.807, 2.05) is 20.8 Å². The zero-order valence-corrected chi connectivity index (χ0v) is 15.8. The second-order valence-corrected chi connectivity index (χ2v) is 6.89. The monoisotopic (exact) mass is 369 g/mol. The number of anilines is 1. The first-order valence-electron chi connectivity index (χ1n) is 8.56. The van der Waals surface area contributed by atoms with E-state index in [4.69, 9.17) is 4.74 Å². The number of carbonyl (C=O) groups excluding carboxylic acids is 3. The lowest BCUT2D eigenvalue weighted by atomic mass is 10.1. The maximum Gasteiger partial charge on any atom is 0.338 e. The van der Waals surface area contributed by atoms with Gasteiger partial charge < -0.3 is 15.4 Å². The minimum atomic E-state index is -0.454. The molecule has 0 aliphatic rings. The molecule has 2 aromatic rings. The van der Waals surface area contributed by atoms with Crippen LogP contribution in [0.25, 0.3) is 0 Å². The zero-order chi connectivity index (χ0) is 20.0. The molecule has 2 rings (SSSR count). The molecular weight excluding hydrogens is 346 g/mol. The Labute approximate surface area is 158 Å². The fourth-order valence-electron chi connectivity index (χ4n) is 2.21. The van der Waals surface area contributed by atoms with Crippen molar-refractivity contribution in [3.05, 3.63) is 59.4 Å². The molecule has 2 N–H and O–H groups in total. The van der Waals surface area contributed by atoms with Gasteiger partial charge in [0.2, 0.25) is 0 Å². The van der Waals surface area contributed by atoms with E-state index >= 15 is 0 Å². The highest BCUT2D eigenvalue weighted by Crippen LogP contribution is 2.13. The number of rotatable bonds is 5. The molecule has 1 aromatic carbocycles. The van der Waals surface area contributed by atoms with E-state index in [2.05, 4.69) is 15.6 Å². The molecule has 142 valence electrons. The summed E-state index contributed by atoms with van der Waals surface area (Å²) < 4.78 is 4.91. The third-order valence-electron chi connectivity index (χ3n) is 3.40. The summed E-state index contributed by atoms with van der Waals surface area (Å²) >= 11 is 0. The van der Waals surface area contributed by atoms with Gasteiger partial charge in [0.25, 0.3) is 11.8 Å². The molecule has 0 fully saturated rings. The quantitative estimate of drug-likeness (QED) is 0.790. The molecule has 7 heteroatoms. The lowest BCUT2D eigenvalue weighted by Gasteiger charge is -2.20. The van der Waals surface area contributed by atoms with Crippen molar-refractivity contribution in [1.29, 1.82) is 0 Å². The molecule has 0 aliphatic heterocycles. The molecule has 1 heterocycles. The second-order valence-electron chi connectivity index (χ2n) is 6.89. The van der Waals surface area contributed by atoms with E-state index in [1.165, 1.54) is 12.3 Å². The van der Waals surface area contributed by atoms with Crippen LogP contribution in [0.2, 0.25) is 0 Å². The van der Waals surface area contributed by atoms with Gasteiger partial charge in [-0.3, -0.25) is 14.6 Å². The Morgan fingerprint density at radius 1 is 1.00 bits per heavy atom. The summed E-state index contributed by atoms with van der Waals surface area (Å²) in [6.45, 7) is 7.65. The van der Waals surface area contributed by atoms with Crippen molar-refractivity contribution in [3.8, 4) is 0 Å². The summed E-state index contributed by atoms with van der Waals surface area (Å²) in [5.41, 5.74) is 0.977. The van der Waals surface area contributed by atoms with Crippen molar-refractivity contribution in [2.24, 2.45) is 0 Å². The smallest absolute Gasteiger partial charge is 0.338 e. The molecule has 0 saturated carbocycles. The summed E-state index contributed by atoms with van der Waals surface area (Å²) in [5, 5.41) is 5.52. The van der Waals surface area contributed by atoms with Gasteiger partial charge in [0.1, 0.15) is 5.69 Å². The van der Waals surface area contributed by atoms with E-state index in [9.17, 15) is 14.4 Å². The van der Waals surface area contributed by atoms with Gasteiger partial charge in [-0.05, 0) is 64.1 Å². The molecule has 7 nitrogen and oxygen atoms in total. The maximum atomic E-state index is 12.4. The van der Waals surface area contributed by atoms with Crippen molar-refractivity contribution < 1.29 is 19.1 Å². The van der Waals surface area contributed by atoms with Gasteiger partial charge in [-0.1, -0.05) is 0 Å². The topological polar surface area (TPSA) is 97.4 Å². The van der Waals surface area contributed by atoms with Gasteiger partial charge in [-0.2, -0.15) is 0 Å². The third-order valence-corrected chi connectivity index (χ3v) is 3.40. The number of nitrogens with one attached hydrogen (secondary N) is 2. The van der Waals surface area contributed by atoms with Crippen molar-refractivity contribution >= 4 is 23.5 Å². The number of amides is 2. The number of hydrogen-bond acceptors (Lipinski definition) is 5. The van der Waals surface area contributed by atoms with Crippen LogP contribution >= 0.6 is 0 Å². The van der Waals surface area contributed by atoms with Crippen LogP contribution in [-0.2, 0) is 4.74 Å². The van der Waals surface area contributed by atoms with Crippen LogP contribution in [0.1, 0.15) is 58.9 Å². The number of ether oxygens (including phenoxy) is 1. The predicted octanol–water partition coefficient (Wildman–Crippen LogP) is 3.04.